The molecule has 4 aliphatic rings. The second-order valence-electron chi connectivity index (χ2n) is 8.10. The Bertz CT molecular complexity index is 559. The van der Waals surface area contributed by atoms with Crippen molar-refractivity contribution >= 4 is 17.8 Å². The van der Waals surface area contributed by atoms with E-state index in [1.54, 1.807) is 0 Å². The molecule has 1 saturated carbocycles. The normalized spacial score (nSPS) is 31.8. The van der Waals surface area contributed by atoms with Gasteiger partial charge in [-0.15, -0.1) is 0 Å². The number of likely N-dealkylation sites (tertiary alicyclic amines) is 1. The first kappa shape index (κ1) is 16.8. The molecule has 3 aliphatic heterocycles. The Morgan fingerprint density at radius 2 is 1.68 bits per heavy atom. The fraction of sp³-hybridized carbons (Fsp3) is 0.833. The van der Waals surface area contributed by atoms with Crippen molar-refractivity contribution in [3.05, 3.63) is 0 Å². The maximum atomic E-state index is 12.8. The van der Waals surface area contributed by atoms with Gasteiger partial charge in [-0.3, -0.25) is 14.5 Å². The van der Waals surface area contributed by atoms with E-state index in [2.05, 4.69) is 10.6 Å². The van der Waals surface area contributed by atoms with Gasteiger partial charge in [0.25, 0.3) is 5.91 Å². The third-order valence-electron chi connectivity index (χ3n) is 6.62. The summed E-state index contributed by atoms with van der Waals surface area (Å²) in [5, 5.41) is 6.31. The molecule has 4 amide bonds. The van der Waals surface area contributed by atoms with Crippen molar-refractivity contribution in [2.75, 3.05) is 32.7 Å². The third kappa shape index (κ3) is 3.03. The van der Waals surface area contributed by atoms with Crippen LogP contribution in [0.1, 0.15) is 44.9 Å². The average molecular weight is 348 g/mol. The number of urea groups is 1. The number of nitrogens with one attached hydrogen (secondary N) is 2. The van der Waals surface area contributed by atoms with Crippen LogP contribution in [0.5, 0.6) is 0 Å². The Morgan fingerprint density at radius 1 is 1.04 bits per heavy atom. The smallest absolute Gasteiger partial charge is 0.325 e. The van der Waals surface area contributed by atoms with Crippen LogP contribution in [-0.2, 0) is 9.59 Å². The zero-order chi connectivity index (χ0) is 17.4. The number of hydrogen-bond acceptors (Lipinski definition) is 4. The van der Waals surface area contributed by atoms with Gasteiger partial charge in [0.15, 0.2) is 0 Å². The summed E-state index contributed by atoms with van der Waals surface area (Å²) in [5.41, 5.74) is -0.739. The maximum Gasteiger partial charge on any atom is 0.325 e. The van der Waals surface area contributed by atoms with Gasteiger partial charge < -0.3 is 15.5 Å². The number of carbonyl (C=O) groups excluding carboxylic acids is 3. The van der Waals surface area contributed by atoms with Gasteiger partial charge in [0.1, 0.15) is 12.1 Å². The lowest BCUT2D eigenvalue weighted by atomic mass is 9.82. The summed E-state index contributed by atoms with van der Waals surface area (Å²) in [6, 6.07) is -0.392. The molecule has 0 unspecified atom stereocenters. The highest BCUT2D eigenvalue weighted by atomic mass is 16.2. The molecule has 2 N–H and O–H groups in total. The van der Waals surface area contributed by atoms with E-state index in [4.69, 9.17) is 0 Å². The van der Waals surface area contributed by atoms with Crippen molar-refractivity contribution in [2.45, 2.75) is 50.5 Å². The number of imide groups is 1. The molecule has 4 fully saturated rings. The van der Waals surface area contributed by atoms with Gasteiger partial charge in [-0.25, -0.2) is 4.79 Å². The van der Waals surface area contributed by atoms with E-state index in [-0.39, 0.29) is 18.4 Å². The van der Waals surface area contributed by atoms with Crippen molar-refractivity contribution in [3.8, 4) is 0 Å². The standard InChI is InChI=1S/C18H28N4O3/c23-15(21-8-4-13-10-19-11-14(13)5-9-21)12-22-16(24)18(20-17(22)25)6-2-1-3-7-18/h13-14,19H,1-12H2,(H,20,25)/t13-,14+. The fourth-order valence-corrected chi connectivity index (χ4v) is 5.02. The molecular formula is C18H28N4O3. The van der Waals surface area contributed by atoms with Crippen LogP contribution in [-0.4, -0.2) is 65.9 Å². The lowest BCUT2D eigenvalue weighted by Gasteiger charge is -2.30. The van der Waals surface area contributed by atoms with Crippen molar-refractivity contribution < 1.29 is 14.4 Å². The highest BCUT2D eigenvalue weighted by Crippen LogP contribution is 2.34. The lowest BCUT2D eigenvalue weighted by molar-refractivity contribution is -0.139. The highest BCUT2D eigenvalue weighted by molar-refractivity contribution is 6.09. The minimum Gasteiger partial charge on any atom is -0.341 e. The van der Waals surface area contributed by atoms with Crippen LogP contribution >= 0.6 is 0 Å². The molecule has 0 aromatic rings. The highest BCUT2D eigenvalue weighted by Gasteiger charge is 2.51. The molecule has 0 aromatic heterocycles. The Hall–Kier alpha value is -1.63. The Morgan fingerprint density at radius 3 is 2.32 bits per heavy atom. The summed E-state index contributed by atoms with van der Waals surface area (Å²) in [5.74, 6) is 1.02. The SMILES string of the molecule is O=C(CN1C(=O)NC2(CCCCC2)C1=O)N1CC[C@@H]2CNC[C@@H]2CC1. The molecule has 0 bridgehead atoms. The van der Waals surface area contributed by atoms with Gasteiger partial charge in [-0.1, -0.05) is 19.3 Å². The largest absolute Gasteiger partial charge is 0.341 e. The molecule has 25 heavy (non-hydrogen) atoms. The van der Waals surface area contributed by atoms with E-state index in [9.17, 15) is 14.4 Å². The number of rotatable bonds is 2. The molecule has 138 valence electrons. The molecule has 0 aromatic carbocycles. The van der Waals surface area contributed by atoms with Crippen molar-refractivity contribution in [1.29, 1.82) is 0 Å². The Labute approximate surface area is 148 Å². The van der Waals surface area contributed by atoms with Crippen LogP contribution in [0.3, 0.4) is 0 Å². The van der Waals surface area contributed by atoms with Crippen molar-refractivity contribution in [2.24, 2.45) is 11.8 Å². The zero-order valence-corrected chi connectivity index (χ0v) is 14.8. The molecule has 4 rings (SSSR count). The summed E-state index contributed by atoms with van der Waals surface area (Å²) in [7, 11) is 0. The minimum atomic E-state index is -0.739. The van der Waals surface area contributed by atoms with Gasteiger partial charge in [-0.05, 0) is 50.6 Å². The minimum absolute atomic E-state index is 0.0932. The lowest BCUT2D eigenvalue weighted by Crippen LogP contribution is -2.49. The van der Waals surface area contributed by atoms with Crippen LogP contribution in [0.25, 0.3) is 0 Å². The van der Waals surface area contributed by atoms with Crippen LogP contribution in [0.4, 0.5) is 4.79 Å². The van der Waals surface area contributed by atoms with Crippen LogP contribution in [0, 0.1) is 11.8 Å². The topological polar surface area (TPSA) is 81.8 Å². The summed E-state index contributed by atoms with van der Waals surface area (Å²) >= 11 is 0. The predicted octanol–water partition coefficient (Wildman–Crippen LogP) is 0.699. The Kier molecular flexibility index (Phi) is 4.43. The molecule has 0 radical (unpaired) electrons. The van der Waals surface area contributed by atoms with E-state index >= 15 is 0 Å². The average Bonchev–Trinajstić information content (AvgIpc) is 3.07. The van der Waals surface area contributed by atoms with E-state index in [0.29, 0.717) is 24.7 Å². The molecule has 1 spiro atoms. The van der Waals surface area contributed by atoms with E-state index in [0.717, 1.165) is 63.2 Å². The first-order valence-electron chi connectivity index (χ1n) is 9.72. The molecule has 7 nitrogen and oxygen atoms in total. The Balaban J connectivity index is 1.39. The monoisotopic (exact) mass is 348 g/mol. The second-order valence-corrected chi connectivity index (χ2v) is 8.10. The maximum absolute atomic E-state index is 12.8. The van der Waals surface area contributed by atoms with Crippen LogP contribution in [0.2, 0.25) is 0 Å². The second kappa shape index (κ2) is 6.59. The van der Waals surface area contributed by atoms with Gasteiger partial charge in [0.05, 0.1) is 0 Å². The predicted molar refractivity (Wildman–Crippen MR) is 91.7 cm³/mol. The third-order valence-corrected chi connectivity index (χ3v) is 6.62. The molecule has 7 heteroatoms. The summed E-state index contributed by atoms with van der Waals surface area (Å²) in [6.07, 6.45) is 6.42. The van der Waals surface area contributed by atoms with Gasteiger partial charge >= 0.3 is 6.03 Å². The summed E-state index contributed by atoms with van der Waals surface area (Å²) in [4.78, 5) is 40.9. The molecule has 1 aliphatic carbocycles. The van der Waals surface area contributed by atoms with Gasteiger partial charge in [0.2, 0.25) is 5.91 Å². The number of carbonyl (C=O) groups is 3. The van der Waals surface area contributed by atoms with Crippen LogP contribution < -0.4 is 10.6 Å². The fourth-order valence-electron chi connectivity index (χ4n) is 5.02. The molecular weight excluding hydrogens is 320 g/mol. The quantitative estimate of drug-likeness (QED) is 0.720. The first-order valence-corrected chi connectivity index (χ1v) is 9.72. The number of amides is 4. The molecule has 3 heterocycles. The van der Waals surface area contributed by atoms with Crippen LogP contribution in [0.15, 0.2) is 0 Å². The van der Waals surface area contributed by atoms with E-state index in [1.165, 1.54) is 0 Å². The van der Waals surface area contributed by atoms with Gasteiger partial charge in [0, 0.05) is 13.1 Å². The first-order chi connectivity index (χ1) is 12.1. The number of nitrogens with zero attached hydrogens (tertiary/aromatic N) is 2. The summed E-state index contributed by atoms with van der Waals surface area (Å²) < 4.78 is 0. The van der Waals surface area contributed by atoms with Gasteiger partial charge in [-0.2, -0.15) is 0 Å². The zero-order valence-electron chi connectivity index (χ0n) is 14.8. The molecule has 3 saturated heterocycles. The van der Waals surface area contributed by atoms with E-state index in [1.807, 2.05) is 4.90 Å². The van der Waals surface area contributed by atoms with Crippen molar-refractivity contribution in [3.63, 3.8) is 0 Å². The van der Waals surface area contributed by atoms with Crippen molar-refractivity contribution in [1.82, 2.24) is 20.4 Å². The van der Waals surface area contributed by atoms with E-state index < -0.39 is 11.6 Å². The summed E-state index contributed by atoms with van der Waals surface area (Å²) in [6.45, 7) is 3.44. The molecule has 2 atom stereocenters. The number of hydrogen-bond donors (Lipinski definition) is 2. The number of fused-ring (bicyclic) bond motifs is 1.